The normalized spacial score (nSPS) is 13.2. The van der Waals surface area contributed by atoms with Crippen molar-refractivity contribution in [3.8, 4) is 0 Å². The number of aryl methyl sites for hydroxylation is 1. The molecule has 0 aliphatic heterocycles. The zero-order valence-corrected chi connectivity index (χ0v) is 16.4. The Labute approximate surface area is 164 Å². The van der Waals surface area contributed by atoms with Crippen LogP contribution in [0.3, 0.4) is 0 Å². The number of rotatable bonds is 7. The van der Waals surface area contributed by atoms with E-state index in [1.54, 1.807) is 19.1 Å². The summed E-state index contributed by atoms with van der Waals surface area (Å²) in [6.45, 7) is 14.7. The second-order valence-corrected chi connectivity index (χ2v) is 8.20. The fraction of sp³-hybridized carbons (Fsp3) is 0.238. The van der Waals surface area contributed by atoms with Crippen LogP contribution in [0.4, 0.5) is 4.39 Å². The van der Waals surface area contributed by atoms with Crippen LogP contribution in [-0.2, 0) is 19.4 Å². The van der Waals surface area contributed by atoms with Crippen LogP contribution in [0.5, 0.6) is 0 Å². The number of ether oxygens (including phenoxy) is 1. The van der Waals surface area contributed by atoms with Crippen molar-refractivity contribution in [2.75, 3.05) is 6.61 Å². The Morgan fingerprint density at radius 3 is 2.25 bits per heavy atom. The van der Waals surface area contributed by atoms with Crippen molar-refractivity contribution in [1.29, 1.82) is 0 Å². The van der Waals surface area contributed by atoms with E-state index in [0.29, 0.717) is 0 Å². The molecule has 146 valence electrons. The molecule has 0 aliphatic carbocycles. The smallest absolute Gasteiger partial charge is 0.336 e. The largest absolute Gasteiger partial charge is 0.463 e. The van der Waals surface area contributed by atoms with Gasteiger partial charge in [0.1, 0.15) is 11.7 Å². The van der Waals surface area contributed by atoms with E-state index in [4.69, 9.17) is 11.3 Å². The summed E-state index contributed by atoms with van der Waals surface area (Å²) in [6, 6.07) is 11.0. The van der Waals surface area contributed by atoms with Crippen LogP contribution < -0.4 is 0 Å². The fourth-order valence-electron chi connectivity index (χ4n) is 2.75. The van der Waals surface area contributed by atoms with Crippen LogP contribution in [-0.4, -0.2) is 26.4 Å². The molecular formula is C21H20FNO4S. The molecule has 2 aromatic carbocycles. The van der Waals surface area contributed by atoms with Crippen LogP contribution in [0.25, 0.3) is 4.85 Å². The fourth-order valence-corrected chi connectivity index (χ4v) is 4.36. The number of hydrogen-bond acceptors (Lipinski definition) is 4. The number of halogens is 1. The first-order chi connectivity index (χ1) is 13.2. The number of carbonyl (C=O) groups is 1. The van der Waals surface area contributed by atoms with Crippen LogP contribution in [0.2, 0.25) is 0 Å². The average molecular weight is 401 g/mol. The Hall–Kier alpha value is -2.98. The van der Waals surface area contributed by atoms with Crippen LogP contribution in [0.1, 0.15) is 24.0 Å². The number of benzene rings is 2. The molecule has 0 radical (unpaired) electrons. The first-order valence-corrected chi connectivity index (χ1v) is 10.1. The van der Waals surface area contributed by atoms with Gasteiger partial charge in [-0.05, 0) is 43.7 Å². The topological polar surface area (TPSA) is 64.8 Å². The van der Waals surface area contributed by atoms with Gasteiger partial charge in [0.05, 0.1) is 11.5 Å². The van der Waals surface area contributed by atoms with Gasteiger partial charge in [-0.25, -0.2) is 24.2 Å². The third-order valence-corrected chi connectivity index (χ3v) is 6.16. The highest BCUT2D eigenvalue weighted by Crippen LogP contribution is 2.35. The van der Waals surface area contributed by atoms with Crippen molar-refractivity contribution in [2.24, 2.45) is 0 Å². The van der Waals surface area contributed by atoms with Gasteiger partial charge in [0.15, 0.2) is 0 Å². The van der Waals surface area contributed by atoms with Crippen LogP contribution in [0.15, 0.2) is 65.6 Å². The van der Waals surface area contributed by atoms with Gasteiger partial charge in [0, 0.05) is 5.57 Å². The Bertz CT molecular complexity index is 1010. The van der Waals surface area contributed by atoms with E-state index in [1.165, 1.54) is 24.3 Å². The molecule has 0 saturated heterocycles. The van der Waals surface area contributed by atoms with Crippen molar-refractivity contribution in [2.45, 2.75) is 30.0 Å². The number of esters is 1. The quantitative estimate of drug-likeness (QED) is 0.399. The highest BCUT2D eigenvalue weighted by atomic mass is 32.2. The second-order valence-electron chi connectivity index (χ2n) is 6.15. The van der Waals surface area contributed by atoms with E-state index in [1.807, 2.05) is 6.92 Å². The molecule has 0 heterocycles. The summed E-state index contributed by atoms with van der Waals surface area (Å²) in [6.07, 6.45) is 0. The summed E-state index contributed by atoms with van der Waals surface area (Å²) in [5.74, 6) is -2.53. The minimum absolute atomic E-state index is 0.0390. The molecule has 7 heteroatoms. The van der Waals surface area contributed by atoms with Gasteiger partial charge < -0.3 is 4.74 Å². The van der Waals surface area contributed by atoms with E-state index in [9.17, 15) is 17.6 Å². The molecule has 2 atom stereocenters. The molecule has 2 rings (SSSR count). The minimum Gasteiger partial charge on any atom is -0.463 e. The van der Waals surface area contributed by atoms with Crippen LogP contribution >= 0.6 is 0 Å². The monoisotopic (exact) mass is 401 g/mol. The number of sulfone groups is 1. The Balaban J connectivity index is 2.60. The maximum absolute atomic E-state index is 13.4. The molecule has 0 spiro atoms. The highest BCUT2D eigenvalue weighted by molar-refractivity contribution is 7.92. The lowest BCUT2D eigenvalue weighted by Crippen LogP contribution is -2.29. The highest BCUT2D eigenvalue weighted by Gasteiger charge is 2.44. The van der Waals surface area contributed by atoms with E-state index in [2.05, 4.69) is 11.4 Å². The van der Waals surface area contributed by atoms with Crippen LogP contribution in [0, 0.1) is 19.3 Å². The van der Waals surface area contributed by atoms with Gasteiger partial charge in [-0.15, -0.1) is 0 Å². The van der Waals surface area contributed by atoms with Crippen molar-refractivity contribution in [1.82, 2.24) is 0 Å². The number of hydrogen-bond donors (Lipinski definition) is 0. The first kappa shape index (κ1) is 21.3. The zero-order valence-electron chi connectivity index (χ0n) is 15.6. The predicted molar refractivity (Wildman–Crippen MR) is 104 cm³/mol. The summed E-state index contributed by atoms with van der Waals surface area (Å²) >= 11 is 0. The molecule has 5 nitrogen and oxygen atoms in total. The summed E-state index contributed by atoms with van der Waals surface area (Å²) in [7, 11) is -4.14. The van der Waals surface area contributed by atoms with Gasteiger partial charge >= 0.3 is 11.3 Å². The van der Waals surface area contributed by atoms with Crippen molar-refractivity contribution < 1.29 is 22.3 Å². The SMILES string of the molecule is [C-]#[N+][C@@H]([C@@H](C(=C)C(=O)OCC)c1ccc(F)cc1)S(=O)(=O)c1ccc(C)cc1. The molecule has 28 heavy (non-hydrogen) atoms. The van der Waals surface area contributed by atoms with E-state index < -0.39 is 32.9 Å². The number of nitrogens with zero attached hydrogens (tertiary/aromatic N) is 1. The molecule has 0 aliphatic rings. The zero-order chi connectivity index (χ0) is 20.9. The third kappa shape index (κ3) is 4.46. The molecule has 0 aromatic heterocycles. The summed E-state index contributed by atoms with van der Waals surface area (Å²) in [5, 5.41) is -1.66. The number of carbonyl (C=O) groups excluding carboxylic acids is 1. The van der Waals surface area contributed by atoms with E-state index in [0.717, 1.165) is 17.7 Å². The van der Waals surface area contributed by atoms with E-state index in [-0.39, 0.29) is 22.6 Å². The molecule has 0 bridgehead atoms. The van der Waals surface area contributed by atoms with Gasteiger partial charge in [-0.3, -0.25) is 4.85 Å². The van der Waals surface area contributed by atoms with Crippen molar-refractivity contribution in [3.05, 3.63) is 89.0 Å². The van der Waals surface area contributed by atoms with E-state index >= 15 is 0 Å². The lowest BCUT2D eigenvalue weighted by atomic mass is 9.91. The average Bonchev–Trinajstić information content (AvgIpc) is 2.66. The molecule has 0 saturated carbocycles. The second kappa shape index (κ2) is 8.81. The van der Waals surface area contributed by atoms with Gasteiger partial charge in [-0.1, -0.05) is 36.4 Å². The maximum atomic E-state index is 13.4. The summed E-state index contributed by atoms with van der Waals surface area (Å²) < 4.78 is 44.6. The Kier molecular flexibility index (Phi) is 6.71. The van der Waals surface area contributed by atoms with Gasteiger partial charge in [0.25, 0.3) is 9.84 Å². The van der Waals surface area contributed by atoms with Crippen molar-refractivity contribution >= 4 is 15.8 Å². The first-order valence-electron chi connectivity index (χ1n) is 8.50. The lowest BCUT2D eigenvalue weighted by Gasteiger charge is -2.21. The molecule has 2 aromatic rings. The molecule has 0 N–H and O–H groups in total. The molecule has 0 fully saturated rings. The maximum Gasteiger partial charge on any atom is 0.336 e. The Morgan fingerprint density at radius 2 is 1.75 bits per heavy atom. The summed E-state index contributed by atoms with van der Waals surface area (Å²) in [5.41, 5.74) is 0.977. The Morgan fingerprint density at radius 1 is 1.18 bits per heavy atom. The summed E-state index contributed by atoms with van der Waals surface area (Å²) in [4.78, 5) is 15.5. The molecule has 0 unspecified atom stereocenters. The lowest BCUT2D eigenvalue weighted by molar-refractivity contribution is -0.138. The van der Waals surface area contributed by atoms with Gasteiger partial charge in [0.2, 0.25) is 0 Å². The van der Waals surface area contributed by atoms with Gasteiger partial charge in [-0.2, -0.15) is 0 Å². The van der Waals surface area contributed by atoms with Crippen molar-refractivity contribution in [3.63, 3.8) is 0 Å². The third-order valence-electron chi connectivity index (χ3n) is 4.22. The standard InChI is InChI=1S/C21H20FNO4S/c1-5-27-21(24)15(3)19(16-8-10-17(22)11-9-16)20(23-4)28(25,26)18-12-6-14(2)7-13-18/h6-13,19-20H,3,5H2,1-2H3/t19-,20+/m0/s1. The molecular weight excluding hydrogens is 381 g/mol. The minimum atomic E-state index is -4.14. The molecule has 0 amide bonds. The predicted octanol–water partition coefficient (Wildman–Crippen LogP) is 4.06.